The Labute approximate surface area is 115 Å². The highest BCUT2D eigenvalue weighted by molar-refractivity contribution is 5.77. The molecule has 114 valence electrons. The zero-order chi connectivity index (χ0) is 14.6. The van der Waals surface area contributed by atoms with Gasteiger partial charge < -0.3 is 15.0 Å². The summed E-state index contributed by atoms with van der Waals surface area (Å²) >= 11 is 0. The fraction of sp³-hybridized carbons (Fsp3) is 0.769. The highest BCUT2D eigenvalue weighted by Gasteiger charge is 2.35. The van der Waals surface area contributed by atoms with E-state index < -0.39 is 11.7 Å². The van der Waals surface area contributed by atoms with Crippen molar-refractivity contribution in [3.63, 3.8) is 0 Å². The van der Waals surface area contributed by atoms with Crippen LogP contribution < -0.4 is 5.32 Å². The number of carbonyl (C=O) groups is 1. The molecular formula is C13H19F3N2O2. The lowest BCUT2D eigenvalue weighted by atomic mass is 10.1. The quantitative estimate of drug-likeness (QED) is 0.801. The van der Waals surface area contributed by atoms with Crippen LogP contribution in [0.1, 0.15) is 19.3 Å². The van der Waals surface area contributed by atoms with E-state index in [1.165, 1.54) is 4.90 Å². The van der Waals surface area contributed by atoms with Gasteiger partial charge in [0.05, 0.1) is 6.10 Å². The molecule has 0 aromatic rings. The maximum atomic E-state index is 12.5. The Bertz CT molecular complexity index is 376. The number of amides is 1. The van der Waals surface area contributed by atoms with Crippen molar-refractivity contribution >= 4 is 5.91 Å². The summed E-state index contributed by atoms with van der Waals surface area (Å²) in [7, 11) is 0. The maximum Gasteiger partial charge on any atom is 0.412 e. The van der Waals surface area contributed by atoms with Crippen LogP contribution in [0.3, 0.4) is 0 Å². The van der Waals surface area contributed by atoms with Crippen LogP contribution in [0.5, 0.6) is 0 Å². The molecule has 0 aliphatic carbocycles. The van der Waals surface area contributed by atoms with Crippen molar-refractivity contribution in [2.75, 3.05) is 32.8 Å². The number of hydrogen-bond donors (Lipinski definition) is 1. The minimum atomic E-state index is -4.28. The molecular weight excluding hydrogens is 273 g/mol. The Morgan fingerprint density at radius 2 is 2.10 bits per heavy atom. The summed E-state index contributed by atoms with van der Waals surface area (Å²) in [4.78, 5) is 13.3. The first-order valence-electron chi connectivity index (χ1n) is 6.83. The summed E-state index contributed by atoms with van der Waals surface area (Å²) in [5, 5.41) is 3.20. The van der Waals surface area contributed by atoms with Crippen LogP contribution in [0.25, 0.3) is 0 Å². The predicted octanol–water partition coefficient (Wildman–Crippen LogP) is 1.48. The summed E-state index contributed by atoms with van der Waals surface area (Å²) in [6.07, 6.45) is -1.52. The number of ether oxygens (including phenoxy) is 1. The number of piperidine rings is 1. The summed E-state index contributed by atoms with van der Waals surface area (Å²) in [5.41, 5.74) is -0.541. The third kappa shape index (κ3) is 4.21. The van der Waals surface area contributed by atoms with Crippen LogP contribution in [-0.2, 0) is 9.53 Å². The predicted molar refractivity (Wildman–Crippen MR) is 67.2 cm³/mol. The average Bonchev–Trinajstić information content (AvgIpc) is 2.45. The third-order valence-corrected chi connectivity index (χ3v) is 3.65. The van der Waals surface area contributed by atoms with Crippen LogP contribution in [0, 0.1) is 0 Å². The van der Waals surface area contributed by atoms with E-state index in [1.807, 2.05) is 0 Å². The van der Waals surface area contributed by atoms with Gasteiger partial charge in [0.25, 0.3) is 0 Å². The lowest BCUT2D eigenvalue weighted by Gasteiger charge is -2.28. The topological polar surface area (TPSA) is 41.6 Å². The van der Waals surface area contributed by atoms with Crippen LogP contribution in [0.15, 0.2) is 11.6 Å². The molecule has 0 bridgehead atoms. The van der Waals surface area contributed by atoms with Crippen molar-refractivity contribution in [3.05, 3.63) is 11.6 Å². The first-order valence-corrected chi connectivity index (χ1v) is 6.83. The first kappa shape index (κ1) is 15.3. The molecule has 2 aliphatic rings. The summed E-state index contributed by atoms with van der Waals surface area (Å²) < 4.78 is 42.9. The molecule has 0 aromatic heterocycles. The Morgan fingerprint density at radius 3 is 2.65 bits per heavy atom. The molecule has 2 rings (SSSR count). The molecule has 1 N–H and O–H groups in total. The van der Waals surface area contributed by atoms with Crippen LogP contribution >= 0.6 is 0 Å². The maximum absolute atomic E-state index is 12.5. The van der Waals surface area contributed by atoms with Gasteiger partial charge in [-0.15, -0.1) is 0 Å². The fourth-order valence-corrected chi connectivity index (χ4v) is 2.40. The van der Waals surface area contributed by atoms with E-state index in [-0.39, 0.29) is 38.1 Å². The number of nitrogens with one attached hydrogen (secondary N) is 1. The SMILES string of the molecule is O=C(COC1CCNCC1)N1CC=C(C(F)(F)F)CC1. The van der Waals surface area contributed by atoms with E-state index >= 15 is 0 Å². The summed E-state index contributed by atoms with van der Waals surface area (Å²) in [5.74, 6) is -0.235. The van der Waals surface area contributed by atoms with Gasteiger partial charge in [-0.1, -0.05) is 6.08 Å². The molecule has 2 aliphatic heterocycles. The van der Waals surface area contributed by atoms with Crippen molar-refractivity contribution in [2.45, 2.75) is 31.5 Å². The van der Waals surface area contributed by atoms with Gasteiger partial charge in [-0.2, -0.15) is 13.2 Å². The molecule has 2 heterocycles. The number of nitrogens with zero attached hydrogens (tertiary/aromatic N) is 1. The molecule has 1 fully saturated rings. The number of halogens is 3. The molecule has 0 unspecified atom stereocenters. The lowest BCUT2D eigenvalue weighted by molar-refractivity contribution is -0.139. The summed E-state index contributed by atoms with van der Waals surface area (Å²) in [6.45, 7) is 1.84. The van der Waals surface area contributed by atoms with Gasteiger partial charge in [0, 0.05) is 18.7 Å². The Kier molecular flexibility index (Phi) is 5.04. The Morgan fingerprint density at radius 1 is 1.40 bits per heavy atom. The molecule has 7 heteroatoms. The molecule has 4 nitrogen and oxygen atoms in total. The molecule has 20 heavy (non-hydrogen) atoms. The molecule has 0 spiro atoms. The smallest absolute Gasteiger partial charge is 0.368 e. The van der Waals surface area contributed by atoms with E-state index in [9.17, 15) is 18.0 Å². The molecule has 0 saturated carbocycles. The van der Waals surface area contributed by atoms with E-state index in [2.05, 4.69) is 5.32 Å². The number of hydrogen-bond acceptors (Lipinski definition) is 3. The minimum Gasteiger partial charge on any atom is -0.368 e. The monoisotopic (exact) mass is 292 g/mol. The van der Waals surface area contributed by atoms with Crippen molar-refractivity contribution in [1.29, 1.82) is 0 Å². The third-order valence-electron chi connectivity index (χ3n) is 3.65. The van der Waals surface area contributed by atoms with Crippen molar-refractivity contribution < 1.29 is 22.7 Å². The van der Waals surface area contributed by atoms with Crippen molar-refractivity contribution in [2.24, 2.45) is 0 Å². The molecule has 0 aromatic carbocycles. The number of carbonyl (C=O) groups excluding carboxylic acids is 1. The standard InChI is InChI=1S/C13H19F3N2O2/c14-13(15,16)10-3-7-18(8-4-10)12(19)9-20-11-1-5-17-6-2-11/h3,11,17H,1-2,4-9H2. The highest BCUT2D eigenvalue weighted by Crippen LogP contribution is 2.30. The number of alkyl halides is 3. The zero-order valence-corrected chi connectivity index (χ0v) is 11.2. The van der Waals surface area contributed by atoms with Crippen LogP contribution in [-0.4, -0.2) is 55.9 Å². The first-order chi connectivity index (χ1) is 9.47. The fourth-order valence-electron chi connectivity index (χ4n) is 2.40. The van der Waals surface area contributed by atoms with Crippen molar-refractivity contribution in [1.82, 2.24) is 10.2 Å². The van der Waals surface area contributed by atoms with Gasteiger partial charge in [0.1, 0.15) is 6.61 Å². The second kappa shape index (κ2) is 6.58. The Balaban J connectivity index is 1.75. The van der Waals surface area contributed by atoms with Gasteiger partial charge in [-0.25, -0.2) is 0 Å². The van der Waals surface area contributed by atoms with Gasteiger partial charge >= 0.3 is 6.18 Å². The largest absolute Gasteiger partial charge is 0.412 e. The highest BCUT2D eigenvalue weighted by atomic mass is 19.4. The minimum absolute atomic E-state index is 0.0171. The lowest BCUT2D eigenvalue weighted by Crippen LogP contribution is -2.40. The van der Waals surface area contributed by atoms with Gasteiger partial charge in [0.2, 0.25) is 5.91 Å². The average molecular weight is 292 g/mol. The van der Waals surface area contributed by atoms with Gasteiger partial charge in [-0.05, 0) is 32.4 Å². The molecule has 0 atom stereocenters. The zero-order valence-electron chi connectivity index (χ0n) is 11.2. The van der Waals surface area contributed by atoms with Crippen molar-refractivity contribution in [3.8, 4) is 0 Å². The summed E-state index contributed by atoms with van der Waals surface area (Å²) in [6, 6.07) is 0. The van der Waals surface area contributed by atoms with E-state index in [0.717, 1.165) is 32.0 Å². The van der Waals surface area contributed by atoms with Gasteiger partial charge in [-0.3, -0.25) is 4.79 Å². The van der Waals surface area contributed by atoms with E-state index in [0.29, 0.717) is 0 Å². The van der Waals surface area contributed by atoms with Crippen LogP contribution in [0.4, 0.5) is 13.2 Å². The van der Waals surface area contributed by atoms with E-state index in [4.69, 9.17) is 4.74 Å². The Hall–Kier alpha value is -1.08. The van der Waals surface area contributed by atoms with E-state index in [1.54, 1.807) is 0 Å². The number of rotatable bonds is 3. The molecule has 0 radical (unpaired) electrons. The molecule has 1 amide bonds. The molecule has 1 saturated heterocycles. The normalized spacial score (nSPS) is 21.8. The van der Waals surface area contributed by atoms with Crippen LogP contribution in [0.2, 0.25) is 0 Å². The second-order valence-corrected chi connectivity index (χ2v) is 5.08. The van der Waals surface area contributed by atoms with Gasteiger partial charge in [0.15, 0.2) is 0 Å². The second-order valence-electron chi connectivity index (χ2n) is 5.08.